The van der Waals surface area contributed by atoms with Crippen LogP contribution in [0.5, 0.6) is 0 Å². The van der Waals surface area contributed by atoms with Crippen LogP contribution in [0.15, 0.2) is 15.2 Å². The number of carbonyl (C=O) groups excluding carboxylic acids is 1. The van der Waals surface area contributed by atoms with Gasteiger partial charge in [-0.25, -0.2) is 0 Å². The van der Waals surface area contributed by atoms with Gasteiger partial charge in [0.05, 0.1) is 3.79 Å². The van der Waals surface area contributed by atoms with Crippen LogP contribution < -0.4 is 0 Å². The van der Waals surface area contributed by atoms with E-state index in [9.17, 15) is 4.79 Å². The lowest BCUT2D eigenvalue weighted by Crippen LogP contribution is -2.28. The molecule has 1 amide bonds. The van der Waals surface area contributed by atoms with Crippen molar-refractivity contribution in [2.24, 2.45) is 17.8 Å². The van der Waals surface area contributed by atoms with Gasteiger partial charge in [-0.05, 0) is 57.6 Å². The molecule has 0 aromatic carbocycles. The first-order chi connectivity index (χ1) is 8.16. The lowest BCUT2D eigenvalue weighted by molar-refractivity contribution is -0.132. The quantitative estimate of drug-likeness (QED) is 0.836. The highest BCUT2D eigenvalue weighted by atomic mass is 79.9. The Hall–Kier alpha value is -0.350. The SMILES string of the molecule is CN(Cc1csc(Br)c1)C(=O)C1C2CCCC21. The van der Waals surface area contributed by atoms with E-state index in [0.29, 0.717) is 11.8 Å². The average Bonchev–Trinajstić information content (AvgIpc) is 2.68. The molecule has 1 aromatic rings. The number of fused-ring (bicyclic) bond motifs is 1. The van der Waals surface area contributed by atoms with Crippen LogP contribution in [0, 0.1) is 17.8 Å². The van der Waals surface area contributed by atoms with Crippen molar-refractivity contribution in [2.75, 3.05) is 7.05 Å². The van der Waals surface area contributed by atoms with Gasteiger partial charge >= 0.3 is 0 Å². The van der Waals surface area contributed by atoms with E-state index in [1.165, 1.54) is 24.8 Å². The normalized spacial score (nSPS) is 30.1. The number of rotatable bonds is 3. The third-order valence-electron chi connectivity index (χ3n) is 4.11. The molecule has 2 unspecified atom stereocenters. The van der Waals surface area contributed by atoms with E-state index in [-0.39, 0.29) is 0 Å². The molecule has 2 aliphatic carbocycles. The molecule has 17 heavy (non-hydrogen) atoms. The highest BCUT2D eigenvalue weighted by molar-refractivity contribution is 9.11. The maximum Gasteiger partial charge on any atom is 0.226 e. The highest BCUT2D eigenvalue weighted by Crippen LogP contribution is 2.58. The molecular weight excluding hydrogens is 298 g/mol. The van der Waals surface area contributed by atoms with Gasteiger partial charge in [0.2, 0.25) is 5.91 Å². The van der Waals surface area contributed by atoms with E-state index in [1.54, 1.807) is 11.3 Å². The Morgan fingerprint density at radius 2 is 2.24 bits per heavy atom. The minimum absolute atomic E-state index is 0.357. The highest BCUT2D eigenvalue weighted by Gasteiger charge is 2.57. The van der Waals surface area contributed by atoms with Gasteiger partial charge in [-0.15, -0.1) is 11.3 Å². The first-order valence-electron chi connectivity index (χ1n) is 6.14. The number of amides is 1. The zero-order valence-electron chi connectivity index (χ0n) is 9.86. The average molecular weight is 314 g/mol. The van der Waals surface area contributed by atoms with Crippen molar-refractivity contribution in [3.05, 3.63) is 20.8 Å². The fraction of sp³-hybridized carbons (Fsp3) is 0.615. The fourth-order valence-electron chi connectivity index (χ4n) is 3.22. The number of nitrogens with zero attached hydrogens (tertiary/aromatic N) is 1. The maximum atomic E-state index is 12.2. The van der Waals surface area contributed by atoms with Crippen molar-refractivity contribution in [2.45, 2.75) is 25.8 Å². The first-order valence-corrected chi connectivity index (χ1v) is 7.82. The van der Waals surface area contributed by atoms with Gasteiger partial charge in [0, 0.05) is 19.5 Å². The van der Waals surface area contributed by atoms with E-state index in [2.05, 4.69) is 27.4 Å². The molecule has 3 rings (SSSR count). The second-order valence-electron chi connectivity index (χ2n) is 5.24. The van der Waals surface area contributed by atoms with Crippen molar-refractivity contribution in [1.29, 1.82) is 0 Å². The smallest absolute Gasteiger partial charge is 0.226 e. The van der Waals surface area contributed by atoms with Crippen LogP contribution in [0.2, 0.25) is 0 Å². The molecule has 0 bridgehead atoms. The molecule has 2 aliphatic rings. The maximum absolute atomic E-state index is 12.2. The Balaban J connectivity index is 1.59. The van der Waals surface area contributed by atoms with Crippen LogP contribution in [0.25, 0.3) is 0 Å². The summed E-state index contributed by atoms with van der Waals surface area (Å²) in [5.74, 6) is 2.16. The Labute approximate surface area is 114 Å². The zero-order valence-corrected chi connectivity index (χ0v) is 12.3. The van der Waals surface area contributed by atoms with E-state index >= 15 is 0 Å². The van der Waals surface area contributed by atoms with Crippen LogP contribution in [0.3, 0.4) is 0 Å². The van der Waals surface area contributed by atoms with Crippen molar-refractivity contribution in [3.63, 3.8) is 0 Å². The summed E-state index contributed by atoms with van der Waals surface area (Å²) in [5.41, 5.74) is 1.23. The molecule has 2 nitrogen and oxygen atoms in total. The molecule has 1 heterocycles. The molecule has 0 saturated heterocycles. The van der Waals surface area contributed by atoms with Gasteiger partial charge in [-0.3, -0.25) is 4.79 Å². The third kappa shape index (κ3) is 2.17. The number of hydrogen-bond donors (Lipinski definition) is 0. The molecular formula is C13H16BrNOS. The second kappa shape index (κ2) is 4.39. The van der Waals surface area contributed by atoms with E-state index in [4.69, 9.17) is 0 Å². The summed E-state index contributed by atoms with van der Waals surface area (Å²) in [7, 11) is 1.93. The number of halogens is 1. The van der Waals surface area contributed by atoms with Crippen LogP contribution in [-0.2, 0) is 11.3 Å². The second-order valence-corrected chi connectivity index (χ2v) is 7.53. The molecule has 0 N–H and O–H groups in total. The lowest BCUT2D eigenvalue weighted by atomic mass is 10.1. The summed E-state index contributed by atoms with van der Waals surface area (Å²) in [6, 6.07) is 2.10. The third-order valence-corrected chi connectivity index (χ3v) is 5.66. The standard InChI is InChI=1S/C13H16BrNOS/c1-15(6-8-5-11(14)17-7-8)13(16)12-9-3-2-4-10(9)12/h5,7,9-10,12H,2-4,6H2,1H3. The summed E-state index contributed by atoms with van der Waals surface area (Å²) < 4.78 is 1.14. The van der Waals surface area contributed by atoms with Gasteiger partial charge in [0.15, 0.2) is 0 Å². The fourth-order valence-corrected chi connectivity index (χ4v) is 4.42. The number of thiophene rings is 1. The molecule has 92 valence electrons. The number of carbonyl (C=O) groups is 1. The first kappa shape index (κ1) is 11.7. The van der Waals surface area contributed by atoms with Crippen LogP contribution in [-0.4, -0.2) is 17.9 Å². The zero-order chi connectivity index (χ0) is 12.0. The predicted molar refractivity (Wildman–Crippen MR) is 72.8 cm³/mol. The summed E-state index contributed by atoms with van der Waals surface area (Å²) in [4.78, 5) is 14.1. The van der Waals surface area contributed by atoms with Crippen LogP contribution in [0.4, 0.5) is 0 Å². The molecule has 2 atom stereocenters. The van der Waals surface area contributed by atoms with Gasteiger partial charge < -0.3 is 4.90 Å². The molecule has 0 aliphatic heterocycles. The lowest BCUT2D eigenvalue weighted by Gasteiger charge is -2.17. The van der Waals surface area contributed by atoms with Crippen molar-refractivity contribution in [1.82, 2.24) is 4.90 Å². The number of hydrogen-bond acceptors (Lipinski definition) is 2. The largest absolute Gasteiger partial charge is 0.341 e. The molecule has 2 saturated carbocycles. The predicted octanol–water partition coefficient (Wildman–Crippen LogP) is 3.52. The van der Waals surface area contributed by atoms with E-state index in [1.807, 2.05) is 11.9 Å². The minimum Gasteiger partial charge on any atom is -0.341 e. The van der Waals surface area contributed by atoms with Gasteiger partial charge in [0.25, 0.3) is 0 Å². The van der Waals surface area contributed by atoms with Gasteiger partial charge in [0.1, 0.15) is 0 Å². The molecule has 4 heteroatoms. The summed E-state index contributed by atoms with van der Waals surface area (Å²) in [6.07, 6.45) is 3.89. The monoisotopic (exact) mass is 313 g/mol. The van der Waals surface area contributed by atoms with E-state index < -0.39 is 0 Å². The Morgan fingerprint density at radius 3 is 2.82 bits per heavy atom. The van der Waals surface area contributed by atoms with Crippen molar-refractivity contribution >= 4 is 33.2 Å². The Morgan fingerprint density at radius 1 is 1.53 bits per heavy atom. The molecule has 1 aromatic heterocycles. The van der Waals surface area contributed by atoms with Crippen LogP contribution >= 0.6 is 27.3 Å². The van der Waals surface area contributed by atoms with Crippen LogP contribution in [0.1, 0.15) is 24.8 Å². The van der Waals surface area contributed by atoms with E-state index in [0.717, 1.165) is 22.2 Å². The van der Waals surface area contributed by atoms with Crippen molar-refractivity contribution in [3.8, 4) is 0 Å². The Bertz CT molecular complexity index is 434. The van der Waals surface area contributed by atoms with Crippen molar-refractivity contribution < 1.29 is 4.79 Å². The van der Waals surface area contributed by atoms with Gasteiger partial charge in [-0.2, -0.15) is 0 Å². The van der Waals surface area contributed by atoms with Gasteiger partial charge in [-0.1, -0.05) is 6.42 Å². The topological polar surface area (TPSA) is 20.3 Å². The minimum atomic E-state index is 0.357. The summed E-state index contributed by atoms with van der Waals surface area (Å²) in [5, 5.41) is 2.11. The summed E-state index contributed by atoms with van der Waals surface area (Å²) >= 11 is 5.13. The Kier molecular flexibility index (Phi) is 3.03. The molecule has 0 radical (unpaired) electrons. The summed E-state index contributed by atoms with van der Waals surface area (Å²) in [6.45, 7) is 0.747. The molecule has 0 spiro atoms. The molecule has 2 fully saturated rings.